The van der Waals surface area contributed by atoms with Crippen LogP contribution in [-0.2, 0) is 9.53 Å². The number of nitrogens with zero attached hydrogens (tertiary/aromatic N) is 1. The van der Waals surface area contributed by atoms with Crippen molar-refractivity contribution < 1.29 is 19.1 Å². The molecule has 1 fully saturated rings. The Bertz CT molecular complexity index is 1010. The molecule has 3 amide bonds. The van der Waals surface area contributed by atoms with Crippen molar-refractivity contribution in [2.24, 2.45) is 0 Å². The SMILES string of the molecule is C[C@@H](OC(=O)c1ccccc1-c1ccccc1C#N)C(=O)NC(=O)NC1CCCCC1. The van der Waals surface area contributed by atoms with E-state index >= 15 is 0 Å². The van der Waals surface area contributed by atoms with Crippen LogP contribution in [0.1, 0.15) is 54.9 Å². The van der Waals surface area contributed by atoms with Crippen LogP contribution in [0.15, 0.2) is 48.5 Å². The topological polar surface area (TPSA) is 108 Å². The van der Waals surface area contributed by atoms with Crippen LogP contribution in [0.4, 0.5) is 4.79 Å². The molecule has 1 atom stereocenters. The molecule has 1 saturated carbocycles. The summed E-state index contributed by atoms with van der Waals surface area (Å²) in [5, 5.41) is 14.4. The van der Waals surface area contributed by atoms with Crippen LogP contribution >= 0.6 is 0 Å². The quantitative estimate of drug-likeness (QED) is 0.714. The van der Waals surface area contributed by atoms with E-state index in [4.69, 9.17) is 4.74 Å². The number of carbonyl (C=O) groups is 3. The van der Waals surface area contributed by atoms with Crippen molar-refractivity contribution in [2.45, 2.75) is 51.2 Å². The summed E-state index contributed by atoms with van der Waals surface area (Å²) in [6, 6.07) is 15.3. The van der Waals surface area contributed by atoms with Crippen LogP contribution in [0, 0.1) is 11.3 Å². The molecular formula is C24H25N3O4. The number of ether oxygens (including phenoxy) is 1. The highest BCUT2D eigenvalue weighted by atomic mass is 16.5. The van der Waals surface area contributed by atoms with Gasteiger partial charge in [-0.2, -0.15) is 5.26 Å². The number of imide groups is 1. The highest BCUT2D eigenvalue weighted by molar-refractivity contribution is 6.01. The Hall–Kier alpha value is -3.66. The van der Waals surface area contributed by atoms with Crippen LogP contribution in [0.5, 0.6) is 0 Å². The Labute approximate surface area is 181 Å². The molecule has 3 rings (SSSR count). The van der Waals surface area contributed by atoms with Crippen LogP contribution < -0.4 is 10.6 Å². The second-order valence-corrected chi connectivity index (χ2v) is 7.55. The zero-order valence-corrected chi connectivity index (χ0v) is 17.4. The molecule has 7 nitrogen and oxygen atoms in total. The summed E-state index contributed by atoms with van der Waals surface area (Å²) < 4.78 is 5.31. The van der Waals surface area contributed by atoms with Gasteiger partial charge >= 0.3 is 12.0 Å². The molecule has 0 bridgehead atoms. The molecule has 7 heteroatoms. The summed E-state index contributed by atoms with van der Waals surface area (Å²) in [6.07, 6.45) is 3.90. The Balaban J connectivity index is 1.65. The van der Waals surface area contributed by atoms with Gasteiger partial charge in [0, 0.05) is 11.6 Å². The molecule has 0 unspecified atom stereocenters. The third-order valence-corrected chi connectivity index (χ3v) is 5.31. The van der Waals surface area contributed by atoms with E-state index in [1.54, 1.807) is 48.5 Å². The lowest BCUT2D eigenvalue weighted by Crippen LogP contribution is -2.48. The first-order valence-electron chi connectivity index (χ1n) is 10.4. The van der Waals surface area contributed by atoms with Gasteiger partial charge in [0.05, 0.1) is 17.2 Å². The molecule has 0 aromatic heterocycles. The summed E-state index contributed by atoms with van der Waals surface area (Å²) in [5.41, 5.74) is 1.79. The monoisotopic (exact) mass is 419 g/mol. The number of nitriles is 1. The van der Waals surface area contributed by atoms with Gasteiger partial charge in [-0.05, 0) is 37.5 Å². The lowest BCUT2D eigenvalue weighted by molar-refractivity contribution is -0.127. The van der Waals surface area contributed by atoms with Crippen molar-refractivity contribution in [3.8, 4) is 17.2 Å². The van der Waals surface area contributed by atoms with E-state index in [9.17, 15) is 19.6 Å². The molecule has 0 heterocycles. The van der Waals surface area contributed by atoms with Crippen LogP contribution in [0.3, 0.4) is 0 Å². The molecule has 160 valence electrons. The fraction of sp³-hybridized carbons (Fsp3) is 0.333. The standard InChI is InChI=1S/C24H25N3O4/c1-16(22(28)27-24(30)26-18-10-3-2-4-11-18)31-23(29)21-14-8-7-13-20(21)19-12-6-5-9-17(19)15-25/h5-9,12-14,16,18H,2-4,10-11H2,1H3,(H2,26,27,28,30)/t16-/m1/s1. The second-order valence-electron chi connectivity index (χ2n) is 7.55. The lowest BCUT2D eigenvalue weighted by atomic mass is 9.96. The fourth-order valence-corrected chi connectivity index (χ4v) is 3.67. The molecule has 31 heavy (non-hydrogen) atoms. The van der Waals surface area contributed by atoms with Crippen molar-refractivity contribution in [1.82, 2.24) is 10.6 Å². The van der Waals surface area contributed by atoms with E-state index in [-0.39, 0.29) is 11.6 Å². The number of hydrogen-bond donors (Lipinski definition) is 2. The Morgan fingerprint density at radius 3 is 2.35 bits per heavy atom. The average molecular weight is 419 g/mol. The minimum atomic E-state index is -1.16. The number of nitrogens with one attached hydrogen (secondary N) is 2. The van der Waals surface area contributed by atoms with Crippen LogP contribution in [0.2, 0.25) is 0 Å². The molecule has 0 saturated heterocycles. The van der Waals surface area contributed by atoms with Gasteiger partial charge in [-0.1, -0.05) is 55.7 Å². The first-order valence-corrected chi connectivity index (χ1v) is 10.4. The minimum absolute atomic E-state index is 0.0616. The highest BCUT2D eigenvalue weighted by Crippen LogP contribution is 2.27. The van der Waals surface area contributed by atoms with Crippen molar-refractivity contribution in [1.29, 1.82) is 5.26 Å². The normalized spacial score (nSPS) is 14.7. The number of rotatable bonds is 5. The maximum absolute atomic E-state index is 12.8. The second kappa shape index (κ2) is 10.4. The first-order chi connectivity index (χ1) is 15.0. The zero-order chi connectivity index (χ0) is 22.2. The number of esters is 1. The number of carbonyl (C=O) groups excluding carboxylic acids is 3. The lowest BCUT2D eigenvalue weighted by Gasteiger charge is -2.23. The van der Waals surface area contributed by atoms with Gasteiger partial charge in [-0.3, -0.25) is 10.1 Å². The van der Waals surface area contributed by atoms with Gasteiger partial charge in [0.15, 0.2) is 6.10 Å². The van der Waals surface area contributed by atoms with E-state index in [0.29, 0.717) is 16.7 Å². The van der Waals surface area contributed by atoms with E-state index in [1.165, 1.54) is 6.92 Å². The summed E-state index contributed by atoms with van der Waals surface area (Å²) in [7, 11) is 0. The molecule has 0 aliphatic heterocycles. The molecule has 1 aliphatic carbocycles. The summed E-state index contributed by atoms with van der Waals surface area (Å²) in [4.78, 5) is 37.2. The smallest absolute Gasteiger partial charge is 0.339 e. The minimum Gasteiger partial charge on any atom is -0.449 e. The van der Waals surface area contributed by atoms with Crippen molar-refractivity contribution in [3.63, 3.8) is 0 Å². The van der Waals surface area contributed by atoms with Crippen LogP contribution in [-0.4, -0.2) is 30.1 Å². The third kappa shape index (κ3) is 5.70. The van der Waals surface area contributed by atoms with Gasteiger partial charge in [-0.15, -0.1) is 0 Å². The summed E-state index contributed by atoms with van der Waals surface area (Å²) in [6.45, 7) is 1.41. The third-order valence-electron chi connectivity index (χ3n) is 5.31. The summed E-state index contributed by atoms with van der Waals surface area (Å²) in [5.74, 6) is -1.41. The molecule has 2 N–H and O–H groups in total. The predicted octanol–water partition coefficient (Wildman–Crippen LogP) is 3.93. The molecule has 2 aromatic rings. The number of hydrogen-bond acceptors (Lipinski definition) is 5. The highest BCUT2D eigenvalue weighted by Gasteiger charge is 2.24. The fourth-order valence-electron chi connectivity index (χ4n) is 3.67. The molecule has 1 aliphatic rings. The van der Waals surface area contributed by atoms with Gasteiger partial charge in [0.2, 0.25) is 0 Å². The van der Waals surface area contributed by atoms with Crippen molar-refractivity contribution in [2.75, 3.05) is 0 Å². The van der Waals surface area contributed by atoms with E-state index in [1.807, 2.05) is 0 Å². The Kier molecular flexibility index (Phi) is 7.39. The number of urea groups is 1. The molecule has 0 spiro atoms. The Morgan fingerprint density at radius 1 is 1.00 bits per heavy atom. The van der Waals surface area contributed by atoms with E-state index < -0.39 is 24.0 Å². The molecular weight excluding hydrogens is 394 g/mol. The first kappa shape index (κ1) is 22.0. The van der Waals surface area contributed by atoms with Gasteiger partial charge in [-0.25, -0.2) is 9.59 Å². The summed E-state index contributed by atoms with van der Waals surface area (Å²) >= 11 is 0. The molecule has 2 aromatic carbocycles. The maximum Gasteiger partial charge on any atom is 0.339 e. The largest absolute Gasteiger partial charge is 0.449 e. The van der Waals surface area contributed by atoms with Gasteiger partial charge in [0.25, 0.3) is 5.91 Å². The predicted molar refractivity (Wildman–Crippen MR) is 115 cm³/mol. The Morgan fingerprint density at radius 2 is 1.65 bits per heavy atom. The maximum atomic E-state index is 12.8. The average Bonchev–Trinajstić information content (AvgIpc) is 2.79. The van der Waals surface area contributed by atoms with Crippen molar-refractivity contribution >= 4 is 17.9 Å². The number of benzene rings is 2. The van der Waals surface area contributed by atoms with E-state index in [0.717, 1.165) is 32.1 Å². The van der Waals surface area contributed by atoms with Crippen LogP contribution in [0.25, 0.3) is 11.1 Å². The van der Waals surface area contributed by atoms with Crippen molar-refractivity contribution in [3.05, 3.63) is 59.7 Å². The van der Waals surface area contributed by atoms with Gasteiger partial charge < -0.3 is 10.1 Å². The number of amides is 3. The van der Waals surface area contributed by atoms with E-state index in [2.05, 4.69) is 16.7 Å². The zero-order valence-electron chi connectivity index (χ0n) is 17.4. The van der Waals surface area contributed by atoms with Gasteiger partial charge in [0.1, 0.15) is 0 Å². The molecule has 0 radical (unpaired) electrons.